The zero-order chi connectivity index (χ0) is 21.5. The van der Waals surface area contributed by atoms with E-state index in [0.29, 0.717) is 26.5 Å². The van der Waals surface area contributed by atoms with Crippen molar-refractivity contribution in [2.75, 3.05) is 6.54 Å². The van der Waals surface area contributed by atoms with Gasteiger partial charge in [-0.05, 0) is 6.92 Å². The number of carbonyl (C=O) groups is 1. The van der Waals surface area contributed by atoms with Crippen LogP contribution in [0.2, 0.25) is 5.15 Å². The zero-order valence-electron chi connectivity index (χ0n) is 14.4. The van der Waals surface area contributed by atoms with Crippen LogP contribution in [0, 0.1) is 0 Å². The lowest BCUT2D eigenvalue weighted by Crippen LogP contribution is -2.29. The maximum atomic E-state index is 13.4. The lowest BCUT2D eigenvalue weighted by Gasteiger charge is -2.10. The molecule has 29 heavy (non-hydrogen) atoms. The first kappa shape index (κ1) is 21.2. The number of aromatic nitrogens is 4. The van der Waals surface area contributed by atoms with Crippen molar-refractivity contribution in [2.45, 2.75) is 26.1 Å². The molecule has 0 aliphatic heterocycles. The van der Waals surface area contributed by atoms with Crippen molar-refractivity contribution in [3.05, 3.63) is 49.6 Å². The maximum Gasteiger partial charge on any atom is 0.433 e. The monoisotopic (exact) mass is 455 g/mol. The van der Waals surface area contributed by atoms with E-state index >= 15 is 0 Å². The van der Waals surface area contributed by atoms with E-state index in [0.717, 1.165) is 6.07 Å². The number of nitrogens with one attached hydrogen (secondary N) is 1. The number of alkyl halides is 5. The van der Waals surface area contributed by atoms with Gasteiger partial charge < -0.3 is 5.32 Å². The average molecular weight is 456 g/mol. The Labute approximate surface area is 167 Å². The average Bonchev–Trinajstić information content (AvgIpc) is 3.16. The van der Waals surface area contributed by atoms with Gasteiger partial charge in [0.2, 0.25) is 0 Å². The molecular formula is C15H11ClF5N5O2S. The fourth-order valence-corrected chi connectivity index (χ4v) is 3.81. The van der Waals surface area contributed by atoms with Crippen LogP contribution >= 0.6 is 22.9 Å². The molecule has 1 amide bonds. The van der Waals surface area contributed by atoms with Gasteiger partial charge in [0.25, 0.3) is 17.9 Å². The molecule has 0 saturated carbocycles. The van der Waals surface area contributed by atoms with Crippen LogP contribution in [0.25, 0.3) is 4.96 Å². The SMILES string of the molecule is CCNC(=O)c1c(C(F)F)sc2nc(Cn3nc(Cl)cc3C(F)(F)F)cc(=O)n12. The lowest BCUT2D eigenvalue weighted by molar-refractivity contribution is -0.144. The Morgan fingerprint density at radius 2 is 2.03 bits per heavy atom. The summed E-state index contributed by atoms with van der Waals surface area (Å²) in [6, 6.07) is 1.47. The van der Waals surface area contributed by atoms with Crippen molar-refractivity contribution < 1.29 is 26.7 Å². The first-order chi connectivity index (χ1) is 13.5. The van der Waals surface area contributed by atoms with Crippen LogP contribution < -0.4 is 10.9 Å². The Bertz CT molecular complexity index is 1140. The molecule has 0 aliphatic rings. The topological polar surface area (TPSA) is 81.3 Å². The number of hydrogen-bond donors (Lipinski definition) is 1. The van der Waals surface area contributed by atoms with Gasteiger partial charge >= 0.3 is 6.18 Å². The Kier molecular flexibility index (Phi) is 5.63. The summed E-state index contributed by atoms with van der Waals surface area (Å²) in [6.07, 6.45) is -7.81. The standard InChI is InChI=1S/C15H11ClF5N5O2S/c1-2-22-13(28)10-11(12(17)18)29-14-23-6(3-9(27)26(10)14)5-25-7(15(19,20)21)4-8(16)24-25/h3-4,12H,2,5H2,1H3,(H,22,28). The number of hydrogen-bond acceptors (Lipinski definition) is 5. The van der Waals surface area contributed by atoms with Gasteiger partial charge in [0.15, 0.2) is 10.1 Å². The van der Waals surface area contributed by atoms with Gasteiger partial charge in [0.05, 0.1) is 12.2 Å². The highest BCUT2D eigenvalue weighted by molar-refractivity contribution is 7.17. The second-order valence-electron chi connectivity index (χ2n) is 5.69. The minimum atomic E-state index is -4.75. The second-order valence-corrected chi connectivity index (χ2v) is 7.08. The summed E-state index contributed by atoms with van der Waals surface area (Å²) in [5, 5.41) is 5.44. The van der Waals surface area contributed by atoms with Crippen LogP contribution in [-0.4, -0.2) is 31.6 Å². The summed E-state index contributed by atoms with van der Waals surface area (Å²) in [5.41, 5.74) is -2.76. The molecule has 0 spiro atoms. The van der Waals surface area contributed by atoms with E-state index in [4.69, 9.17) is 11.6 Å². The molecule has 156 valence electrons. The molecule has 3 aromatic heterocycles. The smallest absolute Gasteiger partial charge is 0.351 e. The van der Waals surface area contributed by atoms with Crippen LogP contribution in [0.4, 0.5) is 22.0 Å². The van der Waals surface area contributed by atoms with Crippen LogP contribution in [0.3, 0.4) is 0 Å². The van der Waals surface area contributed by atoms with Crippen molar-refractivity contribution in [2.24, 2.45) is 0 Å². The highest BCUT2D eigenvalue weighted by Crippen LogP contribution is 2.32. The molecule has 7 nitrogen and oxygen atoms in total. The number of nitrogens with zero attached hydrogens (tertiary/aromatic N) is 4. The van der Waals surface area contributed by atoms with E-state index in [1.807, 2.05) is 0 Å². The van der Waals surface area contributed by atoms with E-state index < -0.39 is 52.0 Å². The van der Waals surface area contributed by atoms with Crippen LogP contribution in [0.15, 0.2) is 16.9 Å². The molecular weight excluding hydrogens is 445 g/mol. The quantitative estimate of drug-likeness (QED) is 0.598. The Morgan fingerprint density at radius 3 is 2.62 bits per heavy atom. The molecule has 0 atom stereocenters. The van der Waals surface area contributed by atoms with E-state index in [1.165, 1.54) is 0 Å². The fraction of sp³-hybridized carbons (Fsp3) is 0.333. The van der Waals surface area contributed by atoms with Crippen molar-refractivity contribution in [1.82, 2.24) is 24.5 Å². The summed E-state index contributed by atoms with van der Waals surface area (Å²) in [7, 11) is 0. The number of rotatable bonds is 5. The van der Waals surface area contributed by atoms with Gasteiger partial charge in [-0.15, -0.1) is 0 Å². The molecule has 0 bridgehead atoms. The van der Waals surface area contributed by atoms with E-state index in [1.54, 1.807) is 6.92 Å². The highest BCUT2D eigenvalue weighted by Gasteiger charge is 2.36. The van der Waals surface area contributed by atoms with Gasteiger partial charge in [-0.25, -0.2) is 18.2 Å². The van der Waals surface area contributed by atoms with E-state index in [-0.39, 0.29) is 17.2 Å². The first-order valence-electron chi connectivity index (χ1n) is 7.95. The van der Waals surface area contributed by atoms with Crippen LogP contribution in [0.5, 0.6) is 0 Å². The molecule has 0 unspecified atom stereocenters. The lowest BCUT2D eigenvalue weighted by atomic mass is 10.3. The fourth-order valence-electron chi connectivity index (χ4n) is 2.61. The molecule has 0 fully saturated rings. The Morgan fingerprint density at radius 1 is 1.34 bits per heavy atom. The van der Waals surface area contributed by atoms with E-state index in [9.17, 15) is 31.5 Å². The minimum absolute atomic E-state index is 0.138. The molecule has 3 heterocycles. The van der Waals surface area contributed by atoms with Crippen molar-refractivity contribution in [3.8, 4) is 0 Å². The first-order valence-corrected chi connectivity index (χ1v) is 9.14. The molecule has 1 N–H and O–H groups in total. The molecule has 14 heteroatoms. The number of thiazole rings is 1. The maximum absolute atomic E-state index is 13.4. The molecule has 0 aromatic carbocycles. The predicted octanol–water partition coefficient (Wildman–Crippen LogP) is 3.36. The van der Waals surface area contributed by atoms with Gasteiger partial charge in [-0.1, -0.05) is 22.9 Å². The van der Waals surface area contributed by atoms with Gasteiger partial charge in [-0.2, -0.15) is 18.3 Å². The molecule has 0 saturated heterocycles. The van der Waals surface area contributed by atoms with E-state index in [2.05, 4.69) is 15.4 Å². The summed E-state index contributed by atoms with van der Waals surface area (Å²) in [4.78, 5) is 27.7. The number of carbonyl (C=O) groups excluding carboxylic acids is 1. The van der Waals surface area contributed by atoms with Crippen molar-refractivity contribution >= 4 is 33.8 Å². The predicted molar refractivity (Wildman–Crippen MR) is 93.6 cm³/mol. The van der Waals surface area contributed by atoms with Crippen LogP contribution in [0.1, 0.15) is 40.1 Å². The summed E-state index contributed by atoms with van der Waals surface area (Å²) < 4.78 is 67.2. The Balaban J connectivity index is 2.12. The Hall–Kier alpha value is -2.54. The van der Waals surface area contributed by atoms with Gasteiger partial charge in [0, 0.05) is 18.7 Å². The summed E-state index contributed by atoms with van der Waals surface area (Å²) in [6.45, 7) is 1.13. The summed E-state index contributed by atoms with van der Waals surface area (Å²) in [5.74, 6) is -0.885. The highest BCUT2D eigenvalue weighted by atomic mass is 35.5. The molecule has 3 rings (SSSR count). The van der Waals surface area contributed by atoms with Crippen molar-refractivity contribution in [3.63, 3.8) is 0 Å². The normalized spacial score (nSPS) is 12.1. The molecule has 3 aromatic rings. The third-order valence-corrected chi connectivity index (χ3v) is 4.93. The van der Waals surface area contributed by atoms with Crippen LogP contribution in [-0.2, 0) is 12.7 Å². The number of halogens is 6. The minimum Gasteiger partial charge on any atom is -0.351 e. The summed E-state index contributed by atoms with van der Waals surface area (Å²) >= 11 is 5.95. The van der Waals surface area contributed by atoms with Gasteiger partial charge in [-0.3, -0.25) is 14.3 Å². The van der Waals surface area contributed by atoms with Gasteiger partial charge in [0.1, 0.15) is 16.3 Å². The number of amides is 1. The zero-order valence-corrected chi connectivity index (χ0v) is 16.0. The third-order valence-electron chi connectivity index (χ3n) is 3.70. The van der Waals surface area contributed by atoms with Crippen molar-refractivity contribution in [1.29, 1.82) is 0 Å². The molecule has 0 radical (unpaired) electrons. The largest absolute Gasteiger partial charge is 0.433 e. The third kappa shape index (κ3) is 4.10. The molecule has 0 aliphatic carbocycles. The second kappa shape index (κ2) is 7.71. The number of fused-ring (bicyclic) bond motifs is 1.